The molecule has 0 atom stereocenters. The molecule has 0 amide bonds. The van der Waals surface area contributed by atoms with Gasteiger partial charge in [0.2, 0.25) is 5.82 Å². The number of hydrogen-bond acceptors (Lipinski definition) is 3. The lowest BCUT2D eigenvalue weighted by atomic mass is 10.2. The molecule has 0 saturated carbocycles. The number of hydrogen-bond donors (Lipinski definition) is 1. The highest BCUT2D eigenvalue weighted by Gasteiger charge is 2.06. The lowest BCUT2D eigenvalue weighted by molar-refractivity contribution is 0.624. The number of thiocarbonyl (C=S) groups is 1. The molecule has 2 N–H and O–H groups in total. The van der Waals surface area contributed by atoms with Crippen molar-refractivity contribution in [2.45, 2.75) is 6.54 Å². The van der Waals surface area contributed by atoms with Gasteiger partial charge in [-0.25, -0.2) is 14.1 Å². The zero-order chi connectivity index (χ0) is 12.4. The van der Waals surface area contributed by atoms with Gasteiger partial charge in [0, 0.05) is 5.02 Å². The first-order chi connectivity index (χ1) is 8.06. The first-order valence-electron chi connectivity index (χ1n) is 4.69. The third-order valence-corrected chi connectivity index (χ3v) is 2.64. The second-order valence-corrected chi connectivity index (χ2v) is 4.21. The lowest BCUT2D eigenvalue weighted by Gasteiger charge is -2.03. The van der Waals surface area contributed by atoms with Crippen LogP contribution in [-0.4, -0.2) is 19.8 Å². The molecular weight excluding hydrogens is 263 g/mol. The van der Waals surface area contributed by atoms with E-state index in [-0.39, 0.29) is 10.8 Å². The topological polar surface area (TPSA) is 56.7 Å². The summed E-state index contributed by atoms with van der Waals surface area (Å²) in [7, 11) is 0. The molecule has 0 aliphatic carbocycles. The van der Waals surface area contributed by atoms with Gasteiger partial charge in [0.1, 0.15) is 17.1 Å². The Morgan fingerprint density at radius 1 is 1.53 bits per heavy atom. The zero-order valence-corrected chi connectivity index (χ0v) is 10.2. The summed E-state index contributed by atoms with van der Waals surface area (Å²) in [5.74, 6) is -0.0700. The molecule has 88 valence electrons. The monoisotopic (exact) mass is 270 g/mol. The van der Waals surface area contributed by atoms with E-state index in [2.05, 4.69) is 10.1 Å². The van der Waals surface area contributed by atoms with Gasteiger partial charge in [0.25, 0.3) is 0 Å². The maximum absolute atomic E-state index is 12.8. The molecule has 0 saturated heterocycles. The highest BCUT2D eigenvalue weighted by atomic mass is 35.5. The average molecular weight is 271 g/mol. The molecule has 2 aromatic rings. The molecule has 1 aromatic heterocycles. The van der Waals surface area contributed by atoms with Crippen LogP contribution in [-0.2, 0) is 6.54 Å². The van der Waals surface area contributed by atoms with Gasteiger partial charge in [-0.15, -0.1) is 5.10 Å². The van der Waals surface area contributed by atoms with Crippen LogP contribution in [0, 0.1) is 5.82 Å². The van der Waals surface area contributed by atoms with E-state index in [4.69, 9.17) is 29.6 Å². The molecule has 0 aliphatic heterocycles. The maximum atomic E-state index is 12.8. The zero-order valence-electron chi connectivity index (χ0n) is 8.60. The van der Waals surface area contributed by atoms with Crippen LogP contribution in [0.3, 0.4) is 0 Å². The summed E-state index contributed by atoms with van der Waals surface area (Å²) in [6, 6.07) is 4.19. The van der Waals surface area contributed by atoms with E-state index in [9.17, 15) is 4.39 Å². The van der Waals surface area contributed by atoms with E-state index in [0.717, 1.165) is 5.56 Å². The van der Waals surface area contributed by atoms with Crippen LogP contribution in [0.4, 0.5) is 4.39 Å². The van der Waals surface area contributed by atoms with Gasteiger partial charge < -0.3 is 5.73 Å². The Kier molecular flexibility index (Phi) is 3.35. The maximum Gasteiger partial charge on any atom is 0.208 e. The van der Waals surface area contributed by atoms with Crippen LogP contribution in [0.25, 0.3) is 0 Å². The summed E-state index contributed by atoms with van der Waals surface area (Å²) < 4.78 is 14.4. The molecule has 0 aliphatic rings. The Bertz CT molecular complexity index is 569. The van der Waals surface area contributed by atoms with Crippen molar-refractivity contribution in [3.05, 3.63) is 46.8 Å². The Labute approximate surface area is 107 Å². The Hall–Kier alpha value is -1.53. The van der Waals surface area contributed by atoms with Crippen LogP contribution in [0.15, 0.2) is 24.5 Å². The fourth-order valence-electron chi connectivity index (χ4n) is 1.31. The normalized spacial score (nSPS) is 10.5. The van der Waals surface area contributed by atoms with E-state index >= 15 is 0 Å². The van der Waals surface area contributed by atoms with E-state index in [1.165, 1.54) is 23.1 Å². The summed E-state index contributed by atoms with van der Waals surface area (Å²) >= 11 is 10.6. The highest BCUT2D eigenvalue weighted by Crippen LogP contribution is 2.17. The Morgan fingerprint density at radius 3 is 2.88 bits per heavy atom. The van der Waals surface area contributed by atoms with Gasteiger partial charge in [-0.1, -0.05) is 29.9 Å². The minimum Gasteiger partial charge on any atom is -0.387 e. The molecule has 4 nitrogen and oxygen atoms in total. The molecule has 1 aromatic carbocycles. The molecule has 0 radical (unpaired) electrons. The highest BCUT2D eigenvalue weighted by molar-refractivity contribution is 7.80. The van der Waals surface area contributed by atoms with Gasteiger partial charge in [0.15, 0.2) is 0 Å². The van der Waals surface area contributed by atoms with Crippen LogP contribution < -0.4 is 5.73 Å². The molecule has 0 spiro atoms. The van der Waals surface area contributed by atoms with Crippen molar-refractivity contribution in [1.82, 2.24) is 14.8 Å². The van der Waals surface area contributed by atoms with Crippen molar-refractivity contribution in [1.29, 1.82) is 0 Å². The largest absolute Gasteiger partial charge is 0.387 e. The third-order valence-electron chi connectivity index (χ3n) is 2.10. The van der Waals surface area contributed by atoms with Gasteiger partial charge in [0.05, 0.1) is 6.54 Å². The predicted molar refractivity (Wildman–Crippen MR) is 66.4 cm³/mol. The number of halogens is 2. The van der Waals surface area contributed by atoms with Crippen molar-refractivity contribution in [2.75, 3.05) is 0 Å². The van der Waals surface area contributed by atoms with Gasteiger partial charge >= 0.3 is 0 Å². The van der Waals surface area contributed by atoms with Crippen molar-refractivity contribution in [3.8, 4) is 0 Å². The summed E-state index contributed by atoms with van der Waals surface area (Å²) in [5.41, 5.74) is 6.13. The van der Waals surface area contributed by atoms with E-state index in [1.54, 1.807) is 6.07 Å². The number of nitrogens with zero attached hydrogens (tertiary/aromatic N) is 3. The Balaban J connectivity index is 2.22. The second-order valence-electron chi connectivity index (χ2n) is 3.37. The first-order valence-corrected chi connectivity index (χ1v) is 5.48. The average Bonchev–Trinajstić information content (AvgIpc) is 2.71. The molecule has 17 heavy (non-hydrogen) atoms. The van der Waals surface area contributed by atoms with E-state index < -0.39 is 0 Å². The summed E-state index contributed by atoms with van der Waals surface area (Å²) in [6.45, 7) is 0.384. The first kappa shape index (κ1) is 11.9. The quantitative estimate of drug-likeness (QED) is 0.864. The molecule has 0 fully saturated rings. The van der Waals surface area contributed by atoms with Crippen molar-refractivity contribution < 1.29 is 4.39 Å². The van der Waals surface area contributed by atoms with Gasteiger partial charge in [-0.3, -0.25) is 0 Å². The van der Waals surface area contributed by atoms with Crippen LogP contribution >= 0.6 is 23.8 Å². The summed E-state index contributed by atoms with van der Waals surface area (Å²) in [5, 5.41) is 4.40. The Morgan fingerprint density at radius 2 is 2.29 bits per heavy atom. The smallest absolute Gasteiger partial charge is 0.208 e. The van der Waals surface area contributed by atoms with Crippen LogP contribution in [0.5, 0.6) is 0 Å². The van der Waals surface area contributed by atoms with Gasteiger partial charge in [-0.05, 0) is 17.7 Å². The number of rotatable bonds is 3. The summed E-state index contributed by atoms with van der Waals surface area (Å²) in [6.07, 6.45) is 1.49. The lowest BCUT2D eigenvalue weighted by Crippen LogP contribution is -2.12. The van der Waals surface area contributed by atoms with Crippen LogP contribution in [0.1, 0.15) is 11.4 Å². The minimum atomic E-state index is -0.374. The molecule has 1 heterocycles. The summed E-state index contributed by atoms with van der Waals surface area (Å²) in [4.78, 5) is 4.06. The molecule has 0 bridgehead atoms. The fourth-order valence-corrected chi connectivity index (χ4v) is 1.63. The van der Waals surface area contributed by atoms with Crippen molar-refractivity contribution >= 4 is 28.8 Å². The molecule has 0 unspecified atom stereocenters. The second kappa shape index (κ2) is 4.77. The predicted octanol–water partition coefficient (Wildman–Crippen LogP) is 1.75. The minimum absolute atomic E-state index is 0.133. The number of benzene rings is 1. The number of nitrogens with two attached hydrogens (primary N) is 1. The molecule has 2 rings (SSSR count). The van der Waals surface area contributed by atoms with E-state index in [0.29, 0.717) is 17.4 Å². The van der Waals surface area contributed by atoms with Crippen molar-refractivity contribution in [3.63, 3.8) is 0 Å². The molecule has 7 heteroatoms. The standard InChI is InChI=1S/C10H8ClFN4S/c11-8-3-7(12)2-1-6(8)4-16-5-14-10(15-16)9(13)17/h1-3,5H,4H2,(H2,13,17). The number of aromatic nitrogens is 3. The molecular formula is C10H8ClFN4S. The SMILES string of the molecule is NC(=S)c1ncn(Cc2ccc(F)cc2Cl)n1. The van der Waals surface area contributed by atoms with Crippen molar-refractivity contribution in [2.24, 2.45) is 5.73 Å². The van der Waals surface area contributed by atoms with E-state index in [1.807, 2.05) is 0 Å². The van der Waals surface area contributed by atoms with Gasteiger partial charge in [-0.2, -0.15) is 0 Å². The fraction of sp³-hybridized carbons (Fsp3) is 0.100. The van der Waals surface area contributed by atoms with Crippen LogP contribution in [0.2, 0.25) is 5.02 Å². The third kappa shape index (κ3) is 2.78.